The number of nitrogens with one attached hydrogen (secondary N) is 1. The van der Waals surface area contributed by atoms with Crippen LogP contribution in [0.4, 0.5) is 0 Å². The van der Waals surface area contributed by atoms with Crippen LogP contribution in [0.1, 0.15) is 32.9 Å². The molecule has 1 aromatic heterocycles. The molecule has 132 valence electrons. The molecule has 1 N–H and O–H groups in total. The van der Waals surface area contributed by atoms with Crippen molar-refractivity contribution in [2.24, 2.45) is 5.10 Å². The van der Waals surface area contributed by atoms with Gasteiger partial charge in [-0.1, -0.05) is 40.2 Å². The molecule has 0 atom stereocenters. The summed E-state index contributed by atoms with van der Waals surface area (Å²) in [5.74, 6) is -0.242. The predicted octanol–water partition coefficient (Wildman–Crippen LogP) is 4.07. The van der Waals surface area contributed by atoms with Crippen molar-refractivity contribution >= 4 is 28.1 Å². The lowest BCUT2D eigenvalue weighted by Gasteiger charge is -2.06. The van der Waals surface area contributed by atoms with E-state index in [1.54, 1.807) is 12.3 Å². The van der Waals surface area contributed by atoms with Crippen molar-refractivity contribution in [2.75, 3.05) is 0 Å². The van der Waals surface area contributed by atoms with E-state index in [2.05, 4.69) is 31.6 Å². The molecule has 0 aliphatic heterocycles. The molecule has 3 aromatic rings. The standard InChI is InChI=1S/C20H19BrN4O/c1-14-10-15(2)25(24-14)13-17-4-3-5-18(11-17)20(26)23-22-12-16-6-8-19(21)9-7-16/h3-12H,13H2,1-2H3,(H,23,26). The third-order valence-corrected chi connectivity index (χ3v) is 4.40. The van der Waals surface area contributed by atoms with Gasteiger partial charge in [-0.15, -0.1) is 0 Å². The molecule has 26 heavy (non-hydrogen) atoms. The monoisotopic (exact) mass is 410 g/mol. The van der Waals surface area contributed by atoms with E-state index in [4.69, 9.17) is 0 Å². The van der Waals surface area contributed by atoms with Crippen LogP contribution in [0, 0.1) is 13.8 Å². The van der Waals surface area contributed by atoms with Crippen LogP contribution in [0.15, 0.2) is 64.2 Å². The van der Waals surface area contributed by atoms with Crippen LogP contribution in [0.5, 0.6) is 0 Å². The number of amides is 1. The summed E-state index contributed by atoms with van der Waals surface area (Å²) in [5, 5.41) is 8.48. The minimum atomic E-state index is -0.242. The number of nitrogens with zero attached hydrogens (tertiary/aromatic N) is 3. The maximum atomic E-state index is 12.3. The highest BCUT2D eigenvalue weighted by Gasteiger charge is 2.07. The van der Waals surface area contributed by atoms with Gasteiger partial charge in [-0.3, -0.25) is 9.48 Å². The van der Waals surface area contributed by atoms with Gasteiger partial charge in [-0.25, -0.2) is 5.43 Å². The van der Waals surface area contributed by atoms with Crippen molar-refractivity contribution in [3.05, 3.63) is 87.1 Å². The van der Waals surface area contributed by atoms with Gasteiger partial charge in [0.1, 0.15) is 0 Å². The summed E-state index contributed by atoms with van der Waals surface area (Å²) in [7, 11) is 0. The van der Waals surface area contributed by atoms with Crippen LogP contribution in [0.3, 0.4) is 0 Å². The van der Waals surface area contributed by atoms with Crippen molar-refractivity contribution in [2.45, 2.75) is 20.4 Å². The van der Waals surface area contributed by atoms with Crippen molar-refractivity contribution in [3.8, 4) is 0 Å². The van der Waals surface area contributed by atoms with E-state index in [0.29, 0.717) is 12.1 Å². The Labute approximate surface area is 160 Å². The summed E-state index contributed by atoms with van der Waals surface area (Å²) < 4.78 is 2.93. The lowest BCUT2D eigenvalue weighted by Crippen LogP contribution is -2.18. The smallest absolute Gasteiger partial charge is 0.267 e. The fourth-order valence-electron chi connectivity index (χ4n) is 2.60. The van der Waals surface area contributed by atoms with Crippen LogP contribution >= 0.6 is 15.9 Å². The Bertz CT molecular complexity index is 945. The van der Waals surface area contributed by atoms with E-state index in [1.165, 1.54) is 0 Å². The van der Waals surface area contributed by atoms with Gasteiger partial charge in [0.2, 0.25) is 0 Å². The van der Waals surface area contributed by atoms with Crippen molar-refractivity contribution in [3.63, 3.8) is 0 Å². The van der Waals surface area contributed by atoms with Crippen molar-refractivity contribution in [1.29, 1.82) is 0 Å². The number of halogens is 1. The van der Waals surface area contributed by atoms with Gasteiger partial charge >= 0.3 is 0 Å². The quantitative estimate of drug-likeness (QED) is 0.508. The second-order valence-electron chi connectivity index (χ2n) is 6.04. The molecular formula is C20H19BrN4O. The lowest BCUT2D eigenvalue weighted by molar-refractivity contribution is 0.0955. The number of aromatic nitrogens is 2. The number of rotatable bonds is 5. The summed E-state index contributed by atoms with van der Waals surface area (Å²) in [6.07, 6.45) is 1.62. The molecule has 0 radical (unpaired) electrons. The molecule has 6 heteroatoms. The van der Waals surface area contributed by atoms with Crippen molar-refractivity contribution in [1.82, 2.24) is 15.2 Å². The van der Waals surface area contributed by atoms with Crippen LogP contribution < -0.4 is 5.43 Å². The van der Waals surface area contributed by atoms with Gasteiger partial charge < -0.3 is 0 Å². The first-order chi connectivity index (χ1) is 12.5. The Kier molecular flexibility index (Phi) is 5.63. The van der Waals surface area contributed by atoms with Crippen LogP contribution in [-0.4, -0.2) is 21.9 Å². The van der Waals surface area contributed by atoms with E-state index in [-0.39, 0.29) is 5.91 Å². The number of carbonyl (C=O) groups excluding carboxylic acids is 1. The Hall–Kier alpha value is -2.73. The minimum absolute atomic E-state index is 0.242. The van der Waals surface area contributed by atoms with Gasteiger partial charge in [0.25, 0.3) is 5.91 Å². The summed E-state index contributed by atoms with van der Waals surface area (Å²) in [6.45, 7) is 4.62. The minimum Gasteiger partial charge on any atom is -0.267 e. The van der Waals surface area contributed by atoms with E-state index < -0.39 is 0 Å². The number of aryl methyl sites for hydroxylation is 2. The highest BCUT2D eigenvalue weighted by atomic mass is 79.9. The van der Waals surface area contributed by atoms with Gasteiger partial charge in [0, 0.05) is 15.7 Å². The number of hydrogen-bond donors (Lipinski definition) is 1. The SMILES string of the molecule is Cc1cc(C)n(Cc2cccc(C(=O)NN=Cc3ccc(Br)cc3)c2)n1. The highest BCUT2D eigenvalue weighted by molar-refractivity contribution is 9.10. The maximum absolute atomic E-state index is 12.3. The number of benzene rings is 2. The molecule has 3 rings (SSSR count). The summed E-state index contributed by atoms with van der Waals surface area (Å²) in [5.41, 5.74) is 7.13. The van der Waals surface area contributed by atoms with Gasteiger partial charge in [0.05, 0.1) is 18.5 Å². The molecule has 0 fully saturated rings. The second kappa shape index (κ2) is 8.10. The molecule has 1 amide bonds. The number of hydrogen-bond acceptors (Lipinski definition) is 3. The third kappa shape index (κ3) is 4.67. The molecule has 0 saturated carbocycles. The first kappa shape index (κ1) is 18.1. The lowest BCUT2D eigenvalue weighted by atomic mass is 10.1. The van der Waals surface area contributed by atoms with E-state index >= 15 is 0 Å². The zero-order valence-corrected chi connectivity index (χ0v) is 16.2. The molecule has 0 aliphatic rings. The summed E-state index contributed by atoms with van der Waals surface area (Å²) in [4.78, 5) is 12.3. The first-order valence-electron chi connectivity index (χ1n) is 8.20. The Morgan fingerprint density at radius 3 is 2.65 bits per heavy atom. The zero-order valence-electron chi connectivity index (χ0n) is 14.6. The average Bonchev–Trinajstić information content (AvgIpc) is 2.94. The van der Waals surface area contributed by atoms with Gasteiger partial charge in [0.15, 0.2) is 0 Å². The molecule has 0 bridgehead atoms. The Balaban J connectivity index is 1.66. The summed E-state index contributed by atoms with van der Waals surface area (Å²) in [6, 6.07) is 17.2. The molecule has 0 aliphatic carbocycles. The molecule has 1 heterocycles. The first-order valence-corrected chi connectivity index (χ1v) is 8.99. The maximum Gasteiger partial charge on any atom is 0.271 e. The Morgan fingerprint density at radius 2 is 1.96 bits per heavy atom. The normalized spacial score (nSPS) is 11.0. The molecule has 2 aromatic carbocycles. The molecule has 0 saturated heterocycles. The fourth-order valence-corrected chi connectivity index (χ4v) is 2.86. The van der Waals surface area contributed by atoms with Gasteiger partial charge in [-0.2, -0.15) is 10.2 Å². The van der Waals surface area contributed by atoms with Crippen LogP contribution in [-0.2, 0) is 6.54 Å². The summed E-state index contributed by atoms with van der Waals surface area (Å²) >= 11 is 3.38. The molecular weight excluding hydrogens is 392 g/mol. The van der Waals surface area contributed by atoms with E-state index in [9.17, 15) is 4.79 Å². The van der Waals surface area contributed by atoms with Crippen LogP contribution in [0.2, 0.25) is 0 Å². The Morgan fingerprint density at radius 1 is 1.19 bits per heavy atom. The van der Waals surface area contributed by atoms with Gasteiger partial charge in [-0.05, 0) is 55.3 Å². The highest BCUT2D eigenvalue weighted by Crippen LogP contribution is 2.11. The predicted molar refractivity (Wildman–Crippen MR) is 106 cm³/mol. The zero-order chi connectivity index (χ0) is 18.5. The number of hydrazone groups is 1. The van der Waals surface area contributed by atoms with E-state index in [1.807, 2.05) is 67.1 Å². The van der Waals surface area contributed by atoms with Crippen molar-refractivity contribution < 1.29 is 4.79 Å². The largest absolute Gasteiger partial charge is 0.271 e. The average molecular weight is 411 g/mol. The topological polar surface area (TPSA) is 59.3 Å². The second-order valence-corrected chi connectivity index (χ2v) is 6.95. The molecule has 0 unspecified atom stereocenters. The van der Waals surface area contributed by atoms with Crippen LogP contribution in [0.25, 0.3) is 0 Å². The molecule has 0 spiro atoms. The third-order valence-electron chi connectivity index (χ3n) is 3.87. The fraction of sp³-hybridized carbons (Fsp3) is 0.150. The molecule has 5 nitrogen and oxygen atoms in total. The van der Waals surface area contributed by atoms with E-state index in [0.717, 1.165) is 27.0 Å². The number of carbonyl (C=O) groups is 1.